The van der Waals surface area contributed by atoms with E-state index in [1.165, 1.54) is 18.9 Å². The van der Waals surface area contributed by atoms with Crippen LogP contribution in [0.2, 0.25) is 0 Å². The van der Waals surface area contributed by atoms with Crippen molar-refractivity contribution in [1.29, 1.82) is 0 Å². The number of thioether (sulfide) groups is 1. The fraction of sp³-hybridized carbons (Fsp3) is 0.600. The Balaban J connectivity index is 1.72. The molecule has 3 rings (SSSR count). The van der Waals surface area contributed by atoms with E-state index in [1.807, 2.05) is 32.5 Å². The summed E-state index contributed by atoms with van der Waals surface area (Å²) >= 11 is 1.53. The zero-order chi connectivity index (χ0) is 21.9. The highest BCUT2D eigenvalue weighted by Crippen LogP contribution is 2.30. The van der Waals surface area contributed by atoms with E-state index < -0.39 is 11.7 Å². The van der Waals surface area contributed by atoms with Gasteiger partial charge in [-0.2, -0.15) is 10.2 Å². The van der Waals surface area contributed by atoms with Crippen LogP contribution in [0, 0.1) is 0 Å². The van der Waals surface area contributed by atoms with Gasteiger partial charge >= 0.3 is 12.1 Å². The van der Waals surface area contributed by atoms with E-state index in [1.54, 1.807) is 10.9 Å². The molecule has 0 unspecified atom stereocenters. The van der Waals surface area contributed by atoms with Crippen molar-refractivity contribution in [2.75, 3.05) is 7.11 Å². The van der Waals surface area contributed by atoms with Crippen LogP contribution in [0.4, 0.5) is 4.79 Å². The molecule has 0 radical (unpaired) electrons. The number of methoxy groups -OCH3 is 1. The SMILES string of the molecule is COC(=O)c1c(CSc2cnn(C)c2CNC(=O)OC(C)(C)C)nn2c1CCCC2. The lowest BCUT2D eigenvalue weighted by molar-refractivity contribution is 0.0520. The normalized spacial score (nSPS) is 13.6. The molecular weight excluding hydrogens is 406 g/mol. The Hall–Kier alpha value is -2.49. The summed E-state index contributed by atoms with van der Waals surface area (Å²) in [6.45, 7) is 6.57. The molecule has 0 bridgehead atoms. The lowest BCUT2D eigenvalue weighted by Gasteiger charge is -2.19. The van der Waals surface area contributed by atoms with Crippen LogP contribution in [0.25, 0.3) is 0 Å². The van der Waals surface area contributed by atoms with Crippen LogP contribution in [0.15, 0.2) is 11.1 Å². The van der Waals surface area contributed by atoms with Gasteiger partial charge in [0.15, 0.2) is 0 Å². The third-order valence-corrected chi connectivity index (χ3v) is 5.81. The zero-order valence-electron chi connectivity index (χ0n) is 18.2. The van der Waals surface area contributed by atoms with Gasteiger partial charge in [0, 0.05) is 19.3 Å². The number of rotatable bonds is 6. The summed E-state index contributed by atoms with van der Waals surface area (Å²) in [7, 11) is 3.22. The number of hydrogen-bond acceptors (Lipinski definition) is 7. The number of amides is 1. The number of nitrogens with one attached hydrogen (secondary N) is 1. The smallest absolute Gasteiger partial charge is 0.407 e. The predicted octanol–water partition coefficient (Wildman–Crippen LogP) is 3.06. The molecule has 2 aromatic heterocycles. The van der Waals surface area contributed by atoms with Gasteiger partial charge in [-0.3, -0.25) is 9.36 Å². The number of carbonyl (C=O) groups excluding carboxylic acids is 2. The molecule has 0 saturated carbocycles. The van der Waals surface area contributed by atoms with E-state index in [0.29, 0.717) is 11.3 Å². The van der Waals surface area contributed by atoms with Crippen LogP contribution < -0.4 is 5.32 Å². The summed E-state index contributed by atoms with van der Waals surface area (Å²) in [6.07, 6.45) is 4.22. The van der Waals surface area contributed by atoms with E-state index in [9.17, 15) is 9.59 Å². The van der Waals surface area contributed by atoms with Crippen LogP contribution >= 0.6 is 11.8 Å². The van der Waals surface area contributed by atoms with E-state index in [4.69, 9.17) is 9.47 Å². The molecule has 3 heterocycles. The summed E-state index contributed by atoms with van der Waals surface area (Å²) < 4.78 is 14.0. The molecule has 0 saturated heterocycles. The van der Waals surface area contributed by atoms with Gasteiger partial charge in [-0.25, -0.2) is 9.59 Å². The van der Waals surface area contributed by atoms with Crippen molar-refractivity contribution in [3.05, 3.63) is 28.8 Å². The van der Waals surface area contributed by atoms with Gasteiger partial charge in [0.2, 0.25) is 0 Å². The van der Waals surface area contributed by atoms with Crippen LogP contribution in [0.1, 0.15) is 61.1 Å². The van der Waals surface area contributed by atoms with Crippen molar-refractivity contribution in [3.8, 4) is 0 Å². The molecule has 164 valence electrons. The second-order valence-corrected chi connectivity index (χ2v) is 9.18. The average Bonchev–Trinajstić information content (AvgIpc) is 3.22. The number of hydrogen-bond donors (Lipinski definition) is 1. The largest absolute Gasteiger partial charge is 0.465 e. The molecule has 0 atom stereocenters. The second kappa shape index (κ2) is 9.11. The van der Waals surface area contributed by atoms with Crippen molar-refractivity contribution < 1.29 is 19.1 Å². The second-order valence-electron chi connectivity index (χ2n) is 8.16. The number of aryl methyl sites for hydroxylation is 2. The quantitative estimate of drug-likeness (QED) is 0.550. The summed E-state index contributed by atoms with van der Waals surface area (Å²) in [4.78, 5) is 25.3. The lowest BCUT2D eigenvalue weighted by Crippen LogP contribution is -2.32. The van der Waals surface area contributed by atoms with Crippen molar-refractivity contribution in [1.82, 2.24) is 24.9 Å². The Morgan fingerprint density at radius 2 is 2.07 bits per heavy atom. The Morgan fingerprint density at radius 3 is 2.77 bits per heavy atom. The molecule has 0 spiro atoms. The summed E-state index contributed by atoms with van der Waals surface area (Å²) in [6, 6.07) is 0. The Labute approximate surface area is 180 Å². The van der Waals surface area contributed by atoms with Crippen LogP contribution in [0.3, 0.4) is 0 Å². The van der Waals surface area contributed by atoms with Gasteiger partial charge in [-0.15, -0.1) is 11.8 Å². The summed E-state index contributed by atoms with van der Waals surface area (Å²) in [5, 5.41) is 11.7. The third kappa shape index (κ3) is 5.16. The van der Waals surface area contributed by atoms with Crippen molar-refractivity contribution >= 4 is 23.8 Å². The van der Waals surface area contributed by atoms with Gasteiger partial charge in [0.05, 0.1) is 41.8 Å². The minimum Gasteiger partial charge on any atom is -0.465 e. The first-order chi connectivity index (χ1) is 14.2. The predicted molar refractivity (Wildman–Crippen MR) is 112 cm³/mol. The molecule has 30 heavy (non-hydrogen) atoms. The molecule has 0 aromatic carbocycles. The Kier molecular flexibility index (Phi) is 6.74. The number of nitrogens with zero attached hydrogens (tertiary/aromatic N) is 4. The van der Waals surface area contributed by atoms with Gasteiger partial charge in [0.1, 0.15) is 11.2 Å². The number of alkyl carbamates (subject to hydrolysis) is 1. The fourth-order valence-electron chi connectivity index (χ4n) is 3.36. The molecule has 0 fully saturated rings. The van der Waals surface area contributed by atoms with Crippen molar-refractivity contribution in [3.63, 3.8) is 0 Å². The highest BCUT2D eigenvalue weighted by atomic mass is 32.2. The fourth-order valence-corrected chi connectivity index (χ4v) is 4.35. The maximum atomic E-state index is 12.4. The zero-order valence-corrected chi connectivity index (χ0v) is 19.0. The molecule has 1 aliphatic heterocycles. The lowest BCUT2D eigenvalue weighted by atomic mass is 10.1. The molecule has 1 N–H and O–H groups in total. The summed E-state index contributed by atoms with van der Waals surface area (Å²) in [5.74, 6) is 0.169. The van der Waals surface area contributed by atoms with E-state index in [-0.39, 0.29) is 12.5 Å². The molecule has 10 heteroatoms. The highest BCUT2D eigenvalue weighted by molar-refractivity contribution is 7.98. The first kappa shape index (κ1) is 22.2. The van der Waals surface area contributed by atoms with Gasteiger partial charge in [-0.1, -0.05) is 0 Å². The summed E-state index contributed by atoms with van der Waals surface area (Å²) in [5.41, 5.74) is 2.57. The van der Waals surface area contributed by atoms with Gasteiger partial charge < -0.3 is 14.8 Å². The van der Waals surface area contributed by atoms with Crippen LogP contribution in [0.5, 0.6) is 0 Å². The van der Waals surface area contributed by atoms with Crippen molar-refractivity contribution in [2.45, 2.75) is 69.4 Å². The monoisotopic (exact) mass is 435 g/mol. The Morgan fingerprint density at radius 1 is 1.30 bits per heavy atom. The molecule has 2 aromatic rings. The molecule has 0 aliphatic carbocycles. The number of ether oxygens (including phenoxy) is 2. The van der Waals surface area contributed by atoms with E-state index in [2.05, 4.69) is 15.5 Å². The highest BCUT2D eigenvalue weighted by Gasteiger charge is 2.26. The molecule has 1 aliphatic rings. The minimum absolute atomic E-state index is 0.289. The van der Waals surface area contributed by atoms with Crippen molar-refractivity contribution in [2.24, 2.45) is 7.05 Å². The topological polar surface area (TPSA) is 100 Å². The molecule has 1 amide bonds. The standard InChI is InChI=1S/C20H29N5O4S/c1-20(2,3)29-19(27)21-10-15-16(11-22-24(15)4)30-12-13-17(18(26)28-5)14-8-6-7-9-25(14)23-13/h11H,6-10,12H2,1-5H3,(H,21,27). The van der Waals surface area contributed by atoms with Gasteiger partial charge in [0.25, 0.3) is 0 Å². The number of esters is 1. The first-order valence-corrected chi connectivity index (χ1v) is 11.0. The van der Waals surface area contributed by atoms with E-state index in [0.717, 1.165) is 47.8 Å². The third-order valence-electron chi connectivity index (χ3n) is 4.74. The molecule has 9 nitrogen and oxygen atoms in total. The maximum Gasteiger partial charge on any atom is 0.407 e. The van der Waals surface area contributed by atoms with Crippen LogP contribution in [-0.4, -0.2) is 44.3 Å². The minimum atomic E-state index is -0.557. The molecular formula is C20H29N5O4S. The average molecular weight is 436 g/mol. The first-order valence-electron chi connectivity index (χ1n) is 9.97. The number of fused-ring (bicyclic) bond motifs is 1. The van der Waals surface area contributed by atoms with Gasteiger partial charge in [-0.05, 0) is 40.0 Å². The van der Waals surface area contributed by atoms with Crippen LogP contribution in [-0.2, 0) is 41.8 Å². The number of carbonyl (C=O) groups is 2. The Bertz CT molecular complexity index is 929. The maximum absolute atomic E-state index is 12.4. The number of aromatic nitrogens is 4. The van der Waals surface area contributed by atoms with E-state index >= 15 is 0 Å².